The molecule has 0 spiro atoms. The van der Waals surface area contributed by atoms with E-state index in [1.54, 1.807) is 6.92 Å². The first-order chi connectivity index (χ1) is 11.6. The summed E-state index contributed by atoms with van der Waals surface area (Å²) in [6.45, 7) is 3.94. The summed E-state index contributed by atoms with van der Waals surface area (Å²) in [7, 11) is 0. The van der Waals surface area contributed by atoms with Gasteiger partial charge < -0.3 is 14.8 Å². The molecule has 1 heterocycles. The number of hydrogen-bond donors (Lipinski definition) is 1. The van der Waals surface area contributed by atoms with E-state index in [2.05, 4.69) is 5.32 Å². The van der Waals surface area contributed by atoms with Crippen LogP contribution in [0.2, 0.25) is 0 Å². The molecule has 0 aliphatic heterocycles. The summed E-state index contributed by atoms with van der Waals surface area (Å²) < 4.78 is 10.4. The van der Waals surface area contributed by atoms with Crippen molar-refractivity contribution in [3.63, 3.8) is 0 Å². The number of thiophene rings is 1. The van der Waals surface area contributed by atoms with Gasteiger partial charge in [0.15, 0.2) is 5.54 Å². The van der Waals surface area contributed by atoms with Crippen LogP contribution in [-0.2, 0) is 26.4 Å². The summed E-state index contributed by atoms with van der Waals surface area (Å²) in [5.74, 6) is -0.484. The van der Waals surface area contributed by atoms with Crippen molar-refractivity contribution in [2.75, 3.05) is 6.61 Å². The topological polar surface area (TPSA) is 64.6 Å². The SMILES string of the molecule is CCOC(=O)C(CC)(NC(=O)OCc1ccccc1)c1ccsc1. The van der Waals surface area contributed by atoms with Gasteiger partial charge in [0.2, 0.25) is 0 Å². The molecule has 6 heteroatoms. The Morgan fingerprint density at radius 3 is 2.46 bits per heavy atom. The lowest BCUT2D eigenvalue weighted by atomic mass is 9.89. The van der Waals surface area contributed by atoms with Crippen molar-refractivity contribution in [1.82, 2.24) is 5.32 Å². The van der Waals surface area contributed by atoms with Crippen LogP contribution < -0.4 is 5.32 Å². The molecule has 24 heavy (non-hydrogen) atoms. The van der Waals surface area contributed by atoms with Crippen molar-refractivity contribution in [1.29, 1.82) is 0 Å². The first-order valence-electron chi connectivity index (χ1n) is 7.81. The second-order valence-corrected chi connectivity index (χ2v) is 5.96. The summed E-state index contributed by atoms with van der Waals surface area (Å²) in [4.78, 5) is 24.8. The van der Waals surface area contributed by atoms with Crippen molar-refractivity contribution in [3.05, 3.63) is 58.3 Å². The number of esters is 1. The van der Waals surface area contributed by atoms with Crippen molar-refractivity contribution < 1.29 is 19.1 Å². The van der Waals surface area contributed by atoms with Crippen LogP contribution in [0.25, 0.3) is 0 Å². The molecule has 0 saturated heterocycles. The van der Waals surface area contributed by atoms with Crippen LogP contribution in [0.1, 0.15) is 31.4 Å². The molecule has 0 saturated carbocycles. The summed E-state index contributed by atoms with van der Waals surface area (Å²) in [6.07, 6.45) is -0.289. The van der Waals surface area contributed by atoms with Gasteiger partial charge in [0.25, 0.3) is 0 Å². The normalized spacial score (nSPS) is 12.9. The standard InChI is InChI=1S/C18H21NO4S/c1-3-18(16(20)22-4-2,15-10-11-24-13-15)19-17(21)23-12-14-8-6-5-7-9-14/h5-11,13H,3-4,12H2,1-2H3,(H,19,21). The van der Waals surface area contributed by atoms with Gasteiger partial charge in [-0.3, -0.25) is 0 Å². The number of benzene rings is 1. The molecule has 2 aromatic rings. The van der Waals surface area contributed by atoms with Crippen LogP contribution in [0.15, 0.2) is 47.2 Å². The van der Waals surface area contributed by atoms with E-state index >= 15 is 0 Å². The van der Waals surface area contributed by atoms with E-state index in [-0.39, 0.29) is 13.2 Å². The maximum Gasteiger partial charge on any atom is 0.408 e. The number of hydrogen-bond acceptors (Lipinski definition) is 5. The van der Waals surface area contributed by atoms with Gasteiger partial charge in [-0.1, -0.05) is 37.3 Å². The Bertz CT molecular complexity index is 657. The van der Waals surface area contributed by atoms with Gasteiger partial charge in [-0.15, -0.1) is 0 Å². The molecule has 2 rings (SSSR count). The van der Waals surface area contributed by atoms with E-state index < -0.39 is 17.6 Å². The van der Waals surface area contributed by atoms with Gasteiger partial charge in [-0.05, 0) is 41.3 Å². The summed E-state index contributed by atoms with van der Waals surface area (Å²) in [6, 6.07) is 11.2. The van der Waals surface area contributed by atoms with Crippen molar-refractivity contribution in [3.8, 4) is 0 Å². The molecule has 1 atom stereocenters. The molecule has 0 aliphatic carbocycles. The van der Waals surface area contributed by atoms with Gasteiger partial charge in [0.1, 0.15) is 6.61 Å². The van der Waals surface area contributed by atoms with Crippen LogP contribution >= 0.6 is 11.3 Å². The van der Waals surface area contributed by atoms with Crippen molar-refractivity contribution >= 4 is 23.4 Å². The zero-order valence-corrected chi connectivity index (χ0v) is 14.6. The zero-order chi connectivity index (χ0) is 17.4. The van der Waals surface area contributed by atoms with Crippen LogP contribution in [0.3, 0.4) is 0 Å². The number of rotatable bonds is 7. The Morgan fingerprint density at radius 1 is 1.12 bits per heavy atom. The molecular weight excluding hydrogens is 326 g/mol. The van der Waals surface area contributed by atoms with Crippen molar-refractivity contribution in [2.45, 2.75) is 32.4 Å². The zero-order valence-electron chi connectivity index (χ0n) is 13.8. The Morgan fingerprint density at radius 2 is 1.88 bits per heavy atom. The van der Waals surface area contributed by atoms with Gasteiger partial charge >= 0.3 is 12.1 Å². The predicted molar refractivity (Wildman–Crippen MR) is 92.7 cm³/mol. The monoisotopic (exact) mass is 347 g/mol. The number of ether oxygens (including phenoxy) is 2. The smallest absolute Gasteiger partial charge is 0.408 e. The Kier molecular flexibility index (Phi) is 6.37. The first kappa shape index (κ1) is 18.0. The fourth-order valence-electron chi connectivity index (χ4n) is 2.37. The van der Waals surface area contributed by atoms with E-state index in [1.165, 1.54) is 11.3 Å². The lowest BCUT2D eigenvalue weighted by Crippen LogP contribution is -2.52. The summed E-state index contributed by atoms with van der Waals surface area (Å²) >= 11 is 1.45. The highest BCUT2D eigenvalue weighted by Crippen LogP contribution is 2.29. The Labute approximate surface area is 145 Å². The minimum absolute atomic E-state index is 0.138. The molecule has 0 bridgehead atoms. The highest BCUT2D eigenvalue weighted by Gasteiger charge is 2.42. The highest BCUT2D eigenvalue weighted by molar-refractivity contribution is 7.08. The van der Waals surface area contributed by atoms with Gasteiger partial charge in [-0.2, -0.15) is 11.3 Å². The third-order valence-electron chi connectivity index (χ3n) is 3.70. The first-order valence-corrected chi connectivity index (χ1v) is 8.75. The molecule has 128 valence electrons. The van der Waals surface area contributed by atoms with Crippen LogP contribution in [0.5, 0.6) is 0 Å². The minimum Gasteiger partial charge on any atom is -0.464 e. The van der Waals surface area contributed by atoms with E-state index in [0.29, 0.717) is 12.0 Å². The number of carbonyl (C=O) groups is 2. The highest BCUT2D eigenvalue weighted by atomic mass is 32.1. The molecule has 5 nitrogen and oxygen atoms in total. The lowest BCUT2D eigenvalue weighted by molar-refractivity contribution is -0.151. The summed E-state index contributed by atoms with van der Waals surface area (Å²) in [5, 5.41) is 6.40. The molecule has 1 aromatic carbocycles. The van der Waals surface area contributed by atoms with Crippen LogP contribution in [-0.4, -0.2) is 18.7 Å². The molecule has 0 radical (unpaired) electrons. The molecule has 1 aromatic heterocycles. The third-order valence-corrected chi connectivity index (χ3v) is 4.38. The molecule has 1 unspecified atom stereocenters. The van der Waals surface area contributed by atoms with E-state index in [9.17, 15) is 9.59 Å². The van der Waals surface area contributed by atoms with Crippen LogP contribution in [0, 0.1) is 0 Å². The number of nitrogens with one attached hydrogen (secondary N) is 1. The van der Waals surface area contributed by atoms with Crippen LogP contribution in [0.4, 0.5) is 4.79 Å². The maximum atomic E-state index is 12.5. The second kappa shape index (κ2) is 8.49. The predicted octanol–water partition coefficient (Wildman–Crippen LogP) is 3.84. The molecule has 0 fully saturated rings. The molecule has 1 amide bonds. The lowest BCUT2D eigenvalue weighted by Gasteiger charge is -2.30. The minimum atomic E-state index is -1.23. The Hall–Kier alpha value is -2.34. The molecule has 1 N–H and O–H groups in total. The van der Waals surface area contributed by atoms with E-state index in [0.717, 1.165) is 5.56 Å². The molecule has 0 aliphatic rings. The van der Waals surface area contributed by atoms with E-state index in [1.807, 2.05) is 54.1 Å². The number of amides is 1. The van der Waals surface area contributed by atoms with Crippen molar-refractivity contribution in [2.24, 2.45) is 0 Å². The average Bonchev–Trinajstić information content (AvgIpc) is 3.14. The largest absolute Gasteiger partial charge is 0.464 e. The van der Waals surface area contributed by atoms with Gasteiger partial charge in [0.05, 0.1) is 6.61 Å². The fourth-order valence-corrected chi connectivity index (χ4v) is 3.10. The van der Waals surface area contributed by atoms with E-state index in [4.69, 9.17) is 9.47 Å². The van der Waals surface area contributed by atoms with Gasteiger partial charge in [0, 0.05) is 0 Å². The number of carbonyl (C=O) groups excluding carboxylic acids is 2. The fraction of sp³-hybridized carbons (Fsp3) is 0.333. The summed E-state index contributed by atoms with van der Waals surface area (Å²) in [5.41, 5.74) is 0.343. The average molecular weight is 347 g/mol. The second-order valence-electron chi connectivity index (χ2n) is 5.18. The third kappa shape index (κ3) is 4.14. The maximum absolute atomic E-state index is 12.5. The van der Waals surface area contributed by atoms with Gasteiger partial charge in [-0.25, -0.2) is 9.59 Å². The Balaban J connectivity index is 2.12. The molecular formula is C18H21NO4S. The number of alkyl carbamates (subject to hydrolysis) is 1. The quantitative estimate of drug-likeness (QED) is 0.773.